The van der Waals surface area contributed by atoms with Crippen LogP contribution >= 0.6 is 0 Å². The molecule has 0 bridgehead atoms. The first-order chi connectivity index (χ1) is 3.95. The second kappa shape index (κ2) is 2.57. The summed E-state index contributed by atoms with van der Waals surface area (Å²) in [7, 11) is 0. The second-order valence-electron chi connectivity index (χ2n) is 2.68. The molecule has 0 atom stereocenters. The Morgan fingerprint density at radius 2 is 1.89 bits per heavy atom. The molecule has 54 valence electrons. The summed E-state index contributed by atoms with van der Waals surface area (Å²) in [6.45, 7) is 5.60. The maximum absolute atomic E-state index is 5.16. The summed E-state index contributed by atoms with van der Waals surface area (Å²) in [6.07, 6.45) is 0. The van der Waals surface area contributed by atoms with Crippen molar-refractivity contribution >= 4 is 6.02 Å². The third-order valence-corrected chi connectivity index (χ3v) is 0.538. The number of hydrogen-bond donors (Lipinski definition) is 2. The molecule has 0 aliphatic carbocycles. The van der Waals surface area contributed by atoms with E-state index < -0.39 is 0 Å². The van der Waals surface area contributed by atoms with Crippen LogP contribution in [0.5, 0.6) is 0 Å². The lowest BCUT2D eigenvalue weighted by Crippen LogP contribution is -2.29. The maximum atomic E-state index is 5.16. The van der Waals surface area contributed by atoms with Crippen molar-refractivity contribution < 1.29 is 4.74 Å². The highest BCUT2D eigenvalue weighted by molar-refractivity contribution is 5.71. The summed E-state index contributed by atoms with van der Waals surface area (Å²) in [4.78, 5) is 0. The normalized spacial score (nSPS) is 13.4. The van der Waals surface area contributed by atoms with Gasteiger partial charge in [0.1, 0.15) is 5.60 Å². The second-order valence-corrected chi connectivity index (χ2v) is 2.68. The van der Waals surface area contributed by atoms with E-state index in [2.05, 4.69) is 5.10 Å². The van der Waals surface area contributed by atoms with E-state index in [9.17, 15) is 0 Å². The molecule has 0 spiro atoms. The zero-order valence-corrected chi connectivity index (χ0v) is 6.01. The van der Waals surface area contributed by atoms with E-state index in [1.54, 1.807) is 0 Å². The molecule has 0 aliphatic rings. The van der Waals surface area contributed by atoms with E-state index in [1.165, 1.54) is 0 Å². The standard InChI is InChI=1S/C5H13N3O/c1-5(2,3)9-4(6)8-7/h7H2,1-3H3,(H2,6,8). The Morgan fingerprint density at radius 1 is 1.44 bits per heavy atom. The van der Waals surface area contributed by atoms with Crippen LogP contribution in [-0.2, 0) is 4.74 Å². The molecule has 0 heterocycles. The van der Waals surface area contributed by atoms with Crippen LogP contribution in [0.4, 0.5) is 0 Å². The first-order valence-electron chi connectivity index (χ1n) is 2.68. The van der Waals surface area contributed by atoms with E-state index >= 15 is 0 Å². The largest absolute Gasteiger partial charge is 0.458 e. The molecular formula is C5H13N3O. The van der Waals surface area contributed by atoms with E-state index in [4.69, 9.17) is 16.3 Å². The van der Waals surface area contributed by atoms with Gasteiger partial charge in [-0.3, -0.25) is 0 Å². The third-order valence-electron chi connectivity index (χ3n) is 0.538. The van der Waals surface area contributed by atoms with Crippen LogP contribution in [0.25, 0.3) is 0 Å². The van der Waals surface area contributed by atoms with Gasteiger partial charge in [0.15, 0.2) is 0 Å². The summed E-state index contributed by atoms with van der Waals surface area (Å²) in [5.74, 6) is 4.82. The highest BCUT2D eigenvalue weighted by atomic mass is 16.5. The predicted octanol–water partition coefficient (Wildman–Crippen LogP) is -0.0101. The van der Waals surface area contributed by atoms with E-state index in [-0.39, 0.29) is 11.6 Å². The van der Waals surface area contributed by atoms with E-state index in [0.717, 1.165) is 0 Å². The van der Waals surface area contributed by atoms with Crippen molar-refractivity contribution in [3.63, 3.8) is 0 Å². The van der Waals surface area contributed by atoms with Gasteiger partial charge in [-0.2, -0.15) is 0 Å². The summed E-state index contributed by atoms with van der Waals surface area (Å²) >= 11 is 0. The topological polar surface area (TPSA) is 73.6 Å². The lowest BCUT2D eigenvalue weighted by atomic mass is 10.2. The van der Waals surface area contributed by atoms with Gasteiger partial charge in [-0.25, -0.2) is 0 Å². The quantitative estimate of drug-likeness (QED) is 0.210. The van der Waals surface area contributed by atoms with Crippen LogP contribution in [0.3, 0.4) is 0 Å². The Labute approximate surface area is 54.9 Å². The summed E-state index contributed by atoms with van der Waals surface area (Å²) in [5.41, 5.74) is 4.85. The van der Waals surface area contributed by atoms with Crippen LogP contribution in [0.1, 0.15) is 20.8 Å². The molecule has 0 fully saturated rings. The highest BCUT2D eigenvalue weighted by Crippen LogP contribution is 2.04. The lowest BCUT2D eigenvalue weighted by Gasteiger charge is -2.18. The summed E-state index contributed by atoms with van der Waals surface area (Å²) in [5, 5.41) is 3.15. The molecule has 0 saturated carbocycles. The Bertz CT molecular complexity index is 114. The van der Waals surface area contributed by atoms with Gasteiger partial charge in [-0.05, 0) is 20.8 Å². The number of nitrogens with zero attached hydrogens (tertiary/aromatic N) is 1. The average Bonchev–Trinajstić information content (AvgIpc) is 1.62. The molecule has 9 heavy (non-hydrogen) atoms. The summed E-state index contributed by atoms with van der Waals surface area (Å²) < 4.78 is 4.99. The molecule has 0 radical (unpaired) electrons. The molecule has 4 heteroatoms. The van der Waals surface area contributed by atoms with Crippen LogP contribution in [0.2, 0.25) is 0 Å². The van der Waals surface area contributed by atoms with Crippen molar-refractivity contribution in [2.24, 2.45) is 16.7 Å². The molecule has 0 aromatic carbocycles. The number of rotatable bonds is 0. The van der Waals surface area contributed by atoms with Crippen molar-refractivity contribution in [3.8, 4) is 0 Å². The third kappa shape index (κ3) is 4.93. The molecular weight excluding hydrogens is 118 g/mol. The fraction of sp³-hybridized carbons (Fsp3) is 0.800. The smallest absolute Gasteiger partial charge is 0.303 e. The van der Waals surface area contributed by atoms with Crippen LogP contribution < -0.4 is 11.6 Å². The minimum absolute atomic E-state index is 0.0162. The monoisotopic (exact) mass is 131 g/mol. The van der Waals surface area contributed by atoms with Gasteiger partial charge < -0.3 is 16.3 Å². The number of nitrogens with two attached hydrogens (primary N) is 2. The minimum atomic E-state index is -0.313. The molecule has 0 aromatic heterocycles. The Kier molecular flexibility index (Phi) is 2.30. The van der Waals surface area contributed by atoms with Gasteiger partial charge in [0.25, 0.3) is 0 Å². The number of hydrogen-bond acceptors (Lipinski definition) is 3. The highest BCUT2D eigenvalue weighted by Gasteiger charge is 2.11. The van der Waals surface area contributed by atoms with Gasteiger partial charge in [0.2, 0.25) is 0 Å². The van der Waals surface area contributed by atoms with Crippen molar-refractivity contribution in [2.75, 3.05) is 0 Å². The molecule has 0 aromatic rings. The number of ether oxygens (including phenoxy) is 1. The van der Waals surface area contributed by atoms with Crippen molar-refractivity contribution in [1.82, 2.24) is 0 Å². The average molecular weight is 131 g/mol. The van der Waals surface area contributed by atoms with Gasteiger partial charge in [0.05, 0.1) is 0 Å². The molecule has 4 N–H and O–H groups in total. The Morgan fingerprint density at radius 3 is 2.00 bits per heavy atom. The minimum Gasteiger partial charge on any atom is -0.458 e. The van der Waals surface area contributed by atoms with Crippen molar-refractivity contribution in [2.45, 2.75) is 26.4 Å². The maximum Gasteiger partial charge on any atom is 0.303 e. The zero-order chi connectivity index (χ0) is 7.49. The molecule has 4 nitrogen and oxygen atoms in total. The fourth-order valence-corrected chi connectivity index (χ4v) is 0.340. The predicted molar refractivity (Wildman–Crippen MR) is 36.6 cm³/mol. The van der Waals surface area contributed by atoms with E-state index in [1.807, 2.05) is 20.8 Å². The molecule has 0 unspecified atom stereocenters. The van der Waals surface area contributed by atoms with Crippen molar-refractivity contribution in [3.05, 3.63) is 0 Å². The van der Waals surface area contributed by atoms with Crippen molar-refractivity contribution in [1.29, 1.82) is 0 Å². The first kappa shape index (κ1) is 8.07. The zero-order valence-electron chi connectivity index (χ0n) is 6.01. The van der Waals surface area contributed by atoms with E-state index in [0.29, 0.717) is 0 Å². The molecule has 0 aliphatic heterocycles. The first-order valence-corrected chi connectivity index (χ1v) is 2.68. The van der Waals surface area contributed by atoms with Gasteiger partial charge >= 0.3 is 6.02 Å². The number of amidine groups is 1. The lowest BCUT2D eigenvalue weighted by molar-refractivity contribution is 0.113. The molecule has 0 saturated heterocycles. The van der Waals surface area contributed by atoms with Crippen LogP contribution in [0, 0.1) is 0 Å². The Hall–Kier alpha value is -0.930. The van der Waals surface area contributed by atoms with Crippen LogP contribution in [-0.4, -0.2) is 11.6 Å². The fourth-order valence-electron chi connectivity index (χ4n) is 0.340. The number of hydrazone groups is 1. The van der Waals surface area contributed by atoms with Crippen LogP contribution in [0.15, 0.2) is 5.10 Å². The summed E-state index contributed by atoms with van der Waals surface area (Å²) in [6, 6.07) is 0.0162. The van der Waals surface area contributed by atoms with Gasteiger partial charge in [-0.1, -0.05) is 0 Å². The Balaban J connectivity index is 3.75. The SMILES string of the molecule is CC(C)(C)OC(N)=NN. The molecule has 0 amide bonds. The molecule has 0 rings (SSSR count). The van der Waals surface area contributed by atoms with Gasteiger partial charge in [0, 0.05) is 0 Å². The van der Waals surface area contributed by atoms with Gasteiger partial charge in [-0.15, -0.1) is 5.10 Å².